The van der Waals surface area contributed by atoms with Crippen LogP contribution >= 0.6 is 11.6 Å². The summed E-state index contributed by atoms with van der Waals surface area (Å²) in [6.45, 7) is 0. The first-order valence-electron chi connectivity index (χ1n) is 3.71. The normalized spacial score (nSPS) is 10.4. The van der Waals surface area contributed by atoms with Crippen LogP contribution in [-0.2, 0) is 4.79 Å². The summed E-state index contributed by atoms with van der Waals surface area (Å²) in [7, 11) is 0. The van der Waals surface area contributed by atoms with Gasteiger partial charge in [0.1, 0.15) is 6.29 Å². The van der Waals surface area contributed by atoms with E-state index in [9.17, 15) is 14.9 Å². The summed E-state index contributed by atoms with van der Waals surface area (Å²) >= 11 is 5.66. The summed E-state index contributed by atoms with van der Waals surface area (Å²) < 4.78 is 0. The topological polar surface area (TPSA) is 60.2 Å². The molecule has 0 atom stereocenters. The molecule has 0 spiro atoms. The largest absolute Gasteiger partial charge is 0.299 e. The molecule has 0 unspecified atom stereocenters. The Morgan fingerprint density at radius 1 is 1.43 bits per heavy atom. The predicted molar refractivity (Wildman–Crippen MR) is 53.2 cm³/mol. The number of aldehydes is 1. The molecule has 0 aliphatic heterocycles. The molecule has 4 nitrogen and oxygen atoms in total. The lowest BCUT2D eigenvalue weighted by atomic mass is 10.1. The van der Waals surface area contributed by atoms with Gasteiger partial charge in [-0.25, -0.2) is 0 Å². The zero-order valence-electron chi connectivity index (χ0n) is 7.01. The van der Waals surface area contributed by atoms with Crippen LogP contribution < -0.4 is 0 Å². The number of allylic oxidation sites excluding steroid dienone is 1. The van der Waals surface area contributed by atoms with E-state index in [1.54, 1.807) is 0 Å². The molecule has 0 aromatic heterocycles. The van der Waals surface area contributed by atoms with Crippen LogP contribution in [0.3, 0.4) is 0 Å². The number of hydrogen-bond acceptors (Lipinski definition) is 3. The molecule has 1 aromatic carbocycles. The highest BCUT2D eigenvalue weighted by molar-refractivity contribution is 6.30. The van der Waals surface area contributed by atoms with E-state index < -0.39 is 4.92 Å². The minimum Gasteiger partial charge on any atom is -0.299 e. The fraction of sp³-hybridized carbons (Fsp3) is 0. The number of benzene rings is 1. The third kappa shape index (κ3) is 2.40. The van der Waals surface area contributed by atoms with Gasteiger partial charge in [0.25, 0.3) is 5.69 Å². The number of nitro benzene ring substituents is 1. The van der Waals surface area contributed by atoms with Gasteiger partial charge in [-0.2, -0.15) is 0 Å². The molecule has 0 heterocycles. The van der Waals surface area contributed by atoms with E-state index in [0.29, 0.717) is 16.9 Å². The van der Waals surface area contributed by atoms with E-state index in [1.807, 2.05) is 0 Å². The summed E-state index contributed by atoms with van der Waals surface area (Å²) in [4.78, 5) is 20.1. The molecule has 0 saturated carbocycles. The lowest BCUT2D eigenvalue weighted by Crippen LogP contribution is -1.90. The van der Waals surface area contributed by atoms with Gasteiger partial charge in [0.05, 0.1) is 10.5 Å². The summed E-state index contributed by atoms with van der Waals surface area (Å²) in [5.74, 6) is 0. The Morgan fingerprint density at radius 2 is 2.14 bits per heavy atom. The third-order valence-corrected chi connectivity index (χ3v) is 1.78. The molecular formula is C9H6ClNO3. The molecule has 1 rings (SSSR count). The van der Waals surface area contributed by atoms with E-state index in [0.717, 1.165) is 0 Å². The van der Waals surface area contributed by atoms with Crippen molar-refractivity contribution in [3.63, 3.8) is 0 Å². The molecule has 0 bridgehead atoms. The summed E-state index contributed by atoms with van der Waals surface area (Å²) in [6, 6.07) is 4.16. The van der Waals surface area contributed by atoms with Gasteiger partial charge >= 0.3 is 0 Å². The second-order valence-electron chi connectivity index (χ2n) is 2.46. The zero-order valence-corrected chi connectivity index (χ0v) is 7.77. The zero-order chi connectivity index (χ0) is 10.6. The van der Waals surface area contributed by atoms with Crippen LogP contribution in [0.2, 0.25) is 5.02 Å². The van der Waals surface area contributed by atoms with Crippen LogP contribution in [0.25, 0.3) is 6.08 Å². The molecular weight excluding hydrogens is 206 g/mol. The van der Waals surface area contributed by atoms with Crippen LogP contribution in [0.1, 0.15) is 5.56 Å². The molecule has 5 heteroatoms. The second kappa shape index (κ2) is 4.53. The lowest BCUT2D eigenvalue weighted by molar-refractivity contribution is -0.385. The fourth-order valence-electron chi connectivity index (χ4n) is 0.968. The molecule has 14 heavy (non-hydrogen) atoms. The summed E-state index contributed by atoms with van der Waals surface area (Å²) in [5, 5.41) is 10.9. The highest BCUT2D eigenvalue weighted by Crippen LogP contribution is 2.23. The third-order valence-electron chi connectivity index (χ3n) is 1.54. The number of rotatable bonds is 3. The maximum atomic E-state index is 10.5. The monoisotopic (exact) mass is 211 g/mol. The van der Waals surface area contributed by atoms with E-state index in [1.165, 1.54) is 30.4 Å². The lowest BCUT2D eigenvalue weighted by Gasteiger charge is -1.97. The summed E-state index contributed by atoms with van der Waals surface area (Å²) in [5.41, 5.74) is 0.238. The van der Waals surface area contributed by atoms with Crippen LogP contribution in [-0.4, -0.2) is 11.2 Å². The SMILES string of the molecule is O=CC=Cc1cc(Cl)ccc1[N+](=O)[O-]. The van der Waals surface area contributed by atoms with Crippen LogP contribution in [0, 0.1) is 10.1 Å². The molecule has 0 aliphatic rings. The maximum Gasteiger partial charge on any atom is 0.276 e. The number of nitro groups is 1. The van der Waals surface area contributed by atoms with Gasteiger partial charge in [-0.15, -0.1) is 0 Å². The van der Waals surface area contributed by atoms with Crippen molar-refractivity contribution >= 4 is 29.7 Å². The standard InChI is InChI=1S/C9H6ClNO3/c10-8-3-4-9(11(13)14)7(6-8)2-1-5-12/h1-6H. The van der Waals surface area contributed by atoms with Crippen molar-refractivity contribution in [3.8, 4) is 0 Å². The first kappa shape index (κ1) is 10.4. The number of carbonyl (C=O) groups excluding carboxylic acids is 1. The number of carbonyl (C=O) groups is 1. The van der Waals surface area contributed by atoms with Crippen molar-refractivity contribution in [2.24, 2.45) is 0 Å². The highest BCUT2D eigenvalue weighted by Gasteiger charge is 2.10. The predicted octanol–water partition coefficient (Wildman–Crippen LogP) is 2.46. The number of halogens is 1. The van der Waals surface area contributed by atoms with E-state index >= 15 is 0 Å². The first-order valence-corrected chi connectivity index (χ1v) is 4.08. The van der Waals surface area contributed by atoms with Crippen molar-refractivity contribution in [1.29, 1.82) is 0 Å². The smallest absolute Gasteiger partial charge is 0.276 e. The van der Waals surface area contributed by atoms with Gasteiger partial charge in [-0.1, -0.05) is 11.6 Å². The van der Waals surface area contributed by atoms with Crippen molar-refractivity contribution < 1.29 is 9.72 Å². The molecule has 0 amide bonds. The van der Waals surface area contributed by atoms with Crippen molar-refractivity contribution in [3.05, 3.63) is 45.0 Å². The van der Waals surface area contributed by atoms with Crippen molar-refractivity contribution in [2.75, 3.05) is 0 Å². The number of nitrogens with zero attached hydrogens (tertiary/aromatic N) is 1. The molecule has 0 fully saturated rings. The Labute approximate surface area is 85.0 Å². The Bertz CT molecular complexity index is 401. The van der Waals surface area contributed by atoms with Gasteiger partial charge in [-0.05, 0) is 24.3 Å². The van der Waals surface area contributed by atoms with Crippen LogP contribution in [0.15, 0.2) is 24.3 Å². The Hall–Kier alpha value is -1.68. The Balaban J connectivity index is 3.22. The van der Waals surface area contributed by atoms with Crippen LogP contribution in [0.5, 0.6) is 0 Å². The van der Waals surface area contributed by atoms with Gasteiger partial charge in [0.15, 0.2) is 0 Å². The van der Waals surface area contributed by atoms with E-state index in [-0.39, 0.29) is 5.69 Å². The van der Waals surface area contributed by atoms with Crippen molar-refractivity contribution in [1.82, 2.24) is 0 Å². The fourth-order valence-corrected chi connectivity index (χ4v) is 1.15. The van der Waals surface area contributed by atoms with E-state index in [2.05, 4.69) is 0 Å². The van der Waals surface area contributed by atoms with Crippen LogP contribution in [0.4, 0.5) is 5.69 Å². The number of hydrogen-bond donors (Lipinski definition) is 0. The molecule has 0 aliphatic carbocycles. The Morgan fingerprint density at radius 3 is 2.71 bits per heavy atom. The minimum atomic E-state index is -0.527. The van der Waals surface area contributed by atoms with Gasteiger partial charge in [-0.3, -0.25) is 14.9 Å². The van der Waals surface area contributed by atoms with Gasteiger partial charge in [0.2, 0.25) is 0 Å². The average molecular weight is 212 g/mol. The van der Waals surface area contributed by atoms with Crippen molar-refractivity contribution in [2.45, 2.75) is 0 Å². The van der Waals surface area contributed by atoms with Gasteiger partial charge < -0.3 is 0 Å². The molecule has 0 saturated heterocycles. The minimum absolute atomic E-state index is 0.0764. The summed E-state index contributed by atoms with van der Waals surface area (Å²) in [6.07, 6.45) is 3.07. The quantitative estimate of drug-likeness (QED) is 0.334. The highest BCUT2D eigenvalue weighted by atomic mass is 35.5. The Kier molecular flexibility index (Phi) is 3.36. The van der Waals surface area contributed by atoms with E-state index in [4.69, 9.17) is 11.6 Å². The molecule has 0 radical (unpaired) electrons. The second-order valence-corrected chi connectivity index (χ2v) is 2.89. The molecule has 0 N–H and O–H groups in total. The molecule has 1 aromatic rings. The average Bonchev–Trinajstić information content (AvgIpc) is 2.14. The van der Waals surface area contributed by atoms with Gasteiger partial charge in [0, 0.05) is 11.1 Å². The first-order chi connectivity index (χ1) is 6.65. The molecule has 72 valence electrons. The maximum absolute atomic E-state index is 10.5.